The van der Waals surface area contributed by atoms with Crippen LogP contribution in [0.3, 0.4) is 0 Å². The predicted molar refractivity (Wildman–Crippen MR) is 101 cm³/mol. The van der Waals surface area contributed by atoms with Crippen molar-refractivity contribution in [2.75, 3.05) is 12.3 Å². The largest absolute Gasteiger partial charge is 0.461 e. The molecule has 0 radical (unpaired) electrons. The van der Waals surface area contributed by atoms with Crippen molar-refractivity contribution in [1.82, 2.24) is 9.55 Å². The van der Waals surface area contributed by atoms with Gasteiger partial charge >= 0.3 is 17.6 Å². The van der Waals surface area contributed by atoms with Gasteiger partial charge in [0.25, 0.3) is 0 Å². The molecule has 30 heavy (non-hydrogen) atoms. The molecule has 1 saturated heterocycles. The fourth-order valence-corrected chi connectivity index (χ4v) is 2.68. The molecule has 0 unspecified atom stereocenters. The maximum absolute atomic E-state index is 13.9. The number of rotatable bonds is 6. The Hall–Kier alpha value is -2.97. The summed E-state index contributed by atoms with van der Waals surface area (Å²) in [4.78, 5) is 39.6. The van der Waals surface area contributed by atoms with Crippen molar-refractivity contribution in [3.63, 3.8) is 0 Å². The van der Waals surface area contributed by atoms with Crippen LogP contribution in [0.5, 0.6) is 0 Å². The fourth-order valence-electron chi connectivity index (χ4n) is 2.68. The molecule has 2 heterocycles. The Labute approximate surface area is 172 Å². The highest BCUT2D eigenvalue weighted by Gasteiger charge is 2.58. The number of nitrogen functional groups attached to an aromatic ring is 1. The van der Waals surface area contributed by atoms with Crippen molar-refractivity contribution in [1.29, 1.82) is 0 Å². The minimum absolute atomic E-state index is 0.489. The first kappa shape index (κ1) is 23.3. The molecule has 0 aromatic carbocycles. The van der Waals surface area contributed by atoms with E-state index in [4.69, 9.17) is 26.4 Å². The lowest BCUT2D eigenvalue weighted by molar-refractivity contribution is -0.171. The van der Waals surface area contributed by atoms with E-state index in [1.165, 1.54) is 0 Å². The second kappa shape index (κ2) is 8.81. The first-order chi connectivity index (χ1) is 13.9. The average molecular weight is 425 g/mol. The first-order valence-corrected chi connectivity index (χ1v) is 9.18. The number of terminal acetylenes is 1. The van der Waals surface area contributed by atoms with Crippen LogP contribution in [-0.4, -0.2) is 51.0 Å². The molecule has 0 spiro atoms. The molecule has 0 saturated carbocycles. The van der Waals surface area contributed by atoms with E-state index in [2.05, 4.69) is 10.9 Å². The number of aromatic nitrogens is 2. The predicted octanol–water partition coefficient (Wildman–Crippen LogP) is -0.00670. The van der Waals surface area contributed by atoms with Crippen LogP contribution in [-0.2, 0) is 23.8 Å². The summed E-state index contributed by atoms with van der Waals surface area (Å²) in [5.74, 6) is -1.82. The SMILES string of the molecule is C#C[C@]1(COC(=O)C(C)C)O[C@@H](n2cc(F)c(N)nc2=O)[C@@H](O)[C@@H]1OC(=O)C(C)C. The number of carbonyl (C=O) groups excluding carboxylic acids is 2. The van der Waals surface area contributed by atoms with Gasteiger partial charge in [-0.05, 0) is 0 Å². The van der Waals surface area contributed by atoms with E-state index in [9.17, 15) is 23.9 Å². The maximum Gasteiger partial charge on any atom is 0.351 e. The van der Waals surface area contributed by atoms with Gasteiger partial charge in [-0.25, -0.2) is 9.18 Å². The number of nitrogens with two attached hydrogens (primary N) is 1. The van der Waals surface area contributed by atoms with Crippen molar-refractivity contribution in [2.45, 2.75) is 51.7 Å². The van der Waals surface area contributed by atoms with Crippen LogP contribution in [0.1, 0.15) is 33.9 Å². The number of esters is 2. The van der Waals surface area contributed by atoms with Gasteiger partial charge < -0.3 is 25.1 Å². The molecule has 1 aliphatic heterocycles. The lowest BCUT2D eigenvalue weighted by atomic mass is 9.96. The zero-order valence-corrected chi connectivity index (χ0v) is 17.0. The number of hydrogen-bond donors (Lipinski definition) is 2. The van der Waals surface area contributed by atoms with Gasteiger partial charge in [0.2, 0.25) is 5.60 Å². The van der Waals surface area contributed by atoms with Crippen LogP contribution in [0.15, 0.2) is 11.0 Å². The Morgan fingerprint density at radius 1 is 1.40 bits per heavy atom. The van der Waals surface area contributed by atoms with Gasteiger partial charge in [0.15, 0.2) is 24.0 Å². The summed E-state index contributed by atoms with van der Waals surface area (Å²) in [5.41, 5.74) is 2.31. The molecule has 4 atom stereocenters. The zero-order valence-electron chi connectivity index (χ0n) is 17.0. The Bertz CT molecular complexity index is 924. The molecular formula is C19H24FN3O7. The third-order valence-corrected chi connectivity index (χ3v) is 4.46. The van der Waals surface area contributed by atoms with Crippen molar-refractivity contribution < 1.29 is 33.3 Å². The topological polar surface area (TPSA) is 143 Å². The number of ether oxygens (including phenoxy) is 3. The van der Waals surface area contributed by atoms with Crippen molar-refractivity contribution in [2.24, 2.45) is 11.8 Å². The lowest BCUT2D eigenvalue weighted by Crippen LogP contribution is -2.49. The van der Waals surface area contributed by atoms with Crippen LogP contribution in [0.2, 0.25) is 0 Å². The van der Waals surface area contributed by atoms with Gasteiger partial charge in [-0.3, -0.25) is 14.2 Å². The van der Waals surface area contributed by atoms with Crippen LogP contribution in [0.4, 0.5) is 10.2 Å². The van der Waals surface area contributed by atoms with Gasteiger partial charge in [0.1, 0.15) is 12.7 Å². The number of nitrogens with zero attached hydrogens (tertiary/aromatic N) is 2. The molecule has 0 amide bonds. The molecule has 0 bridgehead atoms. The van der Waals surface area contributed by atoms with E-state index < -0.39 is 71.7 Å². The van der Waals surface area contributed by atoms with E-state index >= 15 is 0 Å². The first-order valence-electron chi connectivity index (χ1n) is 9.18. The molecule has 2 rings (SSSR count). The second-order valence-corrected chi connectivity index (χ2v) is 7.47. The van der Waals surface area contributed by atoms with Crippen LogP contribution >= 0.6 is 0 Å². The van der Waals surface area contributed by atoms with Crippen molar-refractivity contribution >= 4 is 17.8 Å². The summed E-state index contributed by atoms with van der Waals surface area (Å²) < 4.78 is 30.7. The Kier molecular flexibility index (Phi) is 6.84. The Morgan fingerprint density at radius 2 is 2.00 bits per heavy atom. The van der Waals surface area contributed by atoms with E-state index in [0.717, 1.165) is 0 Å². The average Bonchev–Trinajstić information content (AvgIpc) is 2.95. The molecular weight excluding hydrogens is 401 g/mol. The highest BCUT2D eigenvalue weighted by atomic mass is 19.1. The highest BCUT2D eigenvalue weighted by Crippen LogP contribution is 2.39. The molecule has 1 aromatic heterocycles. The molecule has 0 aliphatic carbocycles. The van der Waals surface area contributed by atoms with Gasteiger partial charge in [-0.2, -0.15) is 4.98 Å². The maximum atomic E-state index is 13.9. The summed E-state index contributed by atoms with van der Waals surface area (Å²) in [6.07, 6.45) is 1.48. The van der Waals surface area contributed by atoms with Gasteiger partial charge in [0, 0.05) is 0 Å². The number of anilines is 1. The number of aliphatic hydroxyl groups excluding tert-OH is 1. The molecule has 164 valence electrons. The van der Waals surface area contributed by atoms with Crippen LogP contribution in [0, 0.1) is 30.0 Å². The third kappa shape index (κ3) is 4.44. The second-order valence-electron chi connectivity index (χ2n) is 7.47. The number of hydrogen-bond acceptors (Lipinski definition) is 9. The molecule has 1 fully saturated rings. The summed E-state index contributed by atoms with van der Waals surface area (Å²) in [6.45, 7) is 5.72. The number of halogens is 1. The Balaban J connectivity index is 2.48. The Morgan fingerprint density at radius 3 is 2.53 bits per heavy atom. The molecule has 1 aliphatic rings. The summed E-state index contributed by atoms with van der Waals surface area (Å²) in [7, 11) is 0. The summed E-state index contributed by atoms with van der Waals surface area (Å²) in [5, 5.41) is 10.8. The number of aliphatic hydroxyl groups is 1. The van der Waals surface area contributed by atoms with Crippen LogP contribution < -0.4 is 11.4 Å². The van der Waals surface area contributed by atoms with E-state index in [1.807, 2.05) is 0 Å². The molecule has 1 aromatic rings. The molecule has 10 nitrogen and oxygen atoms in total. The monoisotopic (exact) mass is 425 g/mol. The lowest BCUT2D eigenvalue weighted by Gasteiger charge is -2.29. The van der Waals surface area contributed by atoms with Gasteiger partial charge in [-0.1, -0.05) is 33.6 Å². The normalized spacial score (nSPS) is 25.9. The fraction of sp³-hybridized carbons (Fsp3) is 0.579. The quantitative estimate of drug-likeness (QED) is 0.475. The minimum atomic E-state index is -1.93. The standard InChI is InChI=1S/C19H24FN3O7/c1-6-19(8-28-16(25)9(2)3)13(29-17(26)10(4)5)12(24)15(30-19)23-7-11(20)14(21)22-18(23)27/h1,7,9-10,12-13,15,24H,8H2,2-5H3,(H2,21,22,27)/t12-,13-,15+,19+/m0/s1. The van der Waals surface area contributed by atoms with E-state index in [1.54, 1.807) is 27.7 Å². The van der Waals surface area contributed by atoms with Crippen LogP contribution in [0.25, 0.3) is 0 Å². The van der Waals surface area contributed by atoms with Crippen molar-refractivity contribution in [3.8, 4) is 12.3 Å². The molecule has 11 heteroatoms. The highest BCUT2D eigenvalue weighted by molar-refractivity contribution is 5.72. The summed E-state index contributed by atoms with van der Waals surface area (Å²) >= 11 is 0. The summed E-state index contributed by atoms with van der Waals surface area (Å²) in [6, 6.07) is 0. The number of carbonyl (C=O) groups is 2. The van der Waals surface area contributed by atoms with Gasteiger partial charge in [0.05, 0.1) is 18.0 Å². The smallest absolute Gasteiger partial charge is 0.351 e. The van der Waals surface area contributed by atoms with Crippen molar-refractivity contribution in [3.05, 3.63) is 22.5 Å². The zero-order chi connectivity index (χ0) is 22.8. The third-order valence-electron chi connectivity index (χ3n) is 4.46. The van der Waals surface area contributed by atoms with E-state index in [-0.39, 0.29) is 0 Å². The van der Waals surface area contributed by atoms with Gasteiger partial charge in [-0.15, -0.1) is 6.42 Å². The minimum Gasteiger partial charge on any atom is -0.461 e. The molecule has 3 N–H and O–H groups in total. The van der Waals surface area contributed by atoms with E-state index in [0.29, 0.717) is 10.8 Å².